The Bertz CT molecular complexity index is 1100. The molecule has 34 heavy (non-hydrogen) atoms. The molecule has 0 aromatic heterocycles. The number of hydrogen-bond acceptors (Lipinski definition) is 8. The molecule has 0 saturated carbocycles. The number of carbonyl (C=O) groups is 3. The molecule has 1 aliphatic heterocycles. The quantitative estimate of drug-likeness (QED) is 0.338. The largest absolute Gasteiger partial charge is 0.507 e. The number of carbonyl (C=O) groups excluding carboxylic acids is 3. The Morgan fingerprint density at radius 2 is 1.79 bits per heavy atom. The minimum Gasteiger partial charge on any atom is -0.507 e. The van der Waals surface area contributed by atoms with Crippen LogP contribution in [0.2, 0.25) is 5.02 Å². The molecule has 0 spiro atoms. The van der Waals surface area contributed by atoms with Gasteiger partial charge in [-0.05, 0) is 32.1 Å². The summed E-state index contributed by atoms with van der Waals surface area (Å²) in [4.78, 5) is 39.8. The highest BCUT2D eigenvalue weighted by molar-refractivity contribution is 6.34. The number of hydrogen-bond donors (Lipinski definition) is 1. The average Bonchev–Trinajstić information content (AvgIpc) is 2.78. The molecule has 2 aromatic rings. The normalized spacial score (nSPS) is 18.3. The van der Waals surface area contributed by atoms with Crippen LogP contribution in [0.25, 0.3) is 0 Å². The van der Waals surface area contributed by atoms with Crippen molar-refractivity contribution in [1.82, 2.24) is 4.90 Å². The van der Waals surface area contributed by atoms with Crippen LogP contribution < -0.4 is 9.47 Å². The van der Waals surface area contributed by atoms with Crippen molar-refractivity contribution in [1.29, 1.82) is 0 Å². The number of nitrogens with zero attached hydrogens (tertiary/aromatic N) is 1. The number of benzene rings is 2. The van der Waals surface area contributed by atoms with Crippen LogP contribution in [0.4, 0.5) is 0 Å². The van der Waals surface area contributed by atoms with Gasteiger partial charge in [0.05, 0.1) is 25.7 Å². The average molecular weight is 490 g/mol. The second-order valence-electron chi connectivity index (χ2n) is 8.23. The summed E-state index contributed by atoms with van der Waals surface area (Å²) in [5, 5.41) is 11.6. The Kier molecular flexibility index (Phi) is 8.17. The maximum atomic E-state index is 13.2. The Morgan fingerprint density at radius 3 is 2.41 bits per heavy atom. The summed E-state index contributed by atoms with van der Waals surface area (Å²) in [6, 6.07) is 7.95. The van der Waals surface area contributed by atoms with Crippen molar-refractivity contribution in [2.75, 3.05) is 34.4 Å². The first kappa shape index (κ1) is 25.5. The minimum absolute atomic E-state index is 0.0759. The Morgan fingerprint density at radius 1 is 1.12 bits per heavy atom. The smallest absolute Gasteiger partial charge is 0.302 e. The summed E-state index contributed by atoms with van der Waals surface area (Å²) in [6.07, 6.45) is -0.519. The second-order valence-corrected chi connectivity index (χ2v) is 8.63. The van der Waals surface area contributed by atoms with E-state index in [9.17, 15) is 19.5 Å². The zero-order chi connectivity index (χ0) is 25.0. The van der Waals surface area contributed by atoms with E-state index in [4.69, 9.17) is 25.8 Å². The number of piperidine rings is 1. The fourth-order valence-electron chi connectivity index (χ4n) is 4.35. The van der Waals surface area contributed by atoms with Crippen molar-refractivity contribution in [2.24, 2.45) is 0 Å². The monoisotopic (exact) mass is 489 g/mol. The maximum absolute atomic E-state index is 13.2. The number of rotatable bonds is 8. The van der Waals surface area contributed by atoms with Crippen molar-refractivity contribution in [2.45, 2.75) is 31.8 Å². The van der Waals surface area contributed by atoms with Crippen molar-refractivity contribution in [3.05, 3.63) is 52.0 Å². The lowest BCUT2D eigenvalue weighted by Gasteiger charge is -2.37. The number of phenols is 1. The van der Waals surface area contributed by atoms with Crippen LogP contribution in [0.5, 0.6) is 17.2 Å². The van der Waals surface area contributed by atoms with Crippen LogP contribution in [0.3, 0.4) is 0 Å². The lowest BCUT2D eigenvalue weighted by atomic mass is 9.83. The zero-order valence-electron chi connectivity index (χ0n) is 19.6. The lowest BCUT2D eigenvalue weighted by molar-refractivity contribution is -0.149. The Balaban J connectivity index is 2.05. The number of esters is 1. The molecule has 2 atom stereocenters. The number of methoxy groups -OCH3 is 2. The molecule has 1 N–H and O–H groups in total. The molecule has 182 valence electrons. The highest BCUT2D eigenvalue weighted by Gasteiger charge is 2.37. The number of likely N-dealkylation sites (N-methyl/N-ethyl adjacent to an activating group) is 1. The Labute approximate surface area is 203 Å². The van der Waals surface area contributed by atoms with E-state index >= 15 is 0 Å². The van der Waals surface area contributed by atoms with Gasteiger partial charge in [0.2, 0.25) is 0 Å². The molecular formula is C25H28ClNO7. The van der Waals surface area contributed by atoms with Gasteiger partial charge in [0, 0.05) is 36.6 Å². The molecule has 1 fully saturated rings. The summed E-state index contributed by atoms with van der Waals surface area (Å²) in [6.45, 7) is 2.46. The van der Waals surface area contributed by atoms with E-state index < -0.39 is 36.0 Å². The molecule has 1 saturated heterocycles. The third-order valence-electron chi connectivity index (χ3n) is 5.93. The van der Waals surface area contributed by atoms with Crippen molar-refractivity contribution in [3.8, 4) is 17.2 Å². The maximum Gasteiger partial charge on any atom is 0.302 e. The van der Waals surface area contributed by atoms with Gasteiger partial charge >= 0.3 is 5.97 Å². The van der Waals surface area contributed by atoms with Gasteiger partial charge in [0.25, 0.3) is 0 Å². The number of ketones is 2. The Hall–Kier alpha value is -3.10. The van der Waals surface area contributed by atoms with Crippen molar-refractivity contribution < 1.29 is 33.7 Å². The summed E-state index contributed by atoms with van der Waals surface area (Å²) < 4.78 is 16.4. The molecule has 9 heteroatoms. The van der Waals surface area contributed by atoms with Crippen LogP contribution in [0.1, 0.15) is 52.0 Å². The first-order valence-corrected chi connectivity index (χ1v) is 11.2. The van der Waals surface area contributed by atoms with E-state index in [2.05, 4.69) is 0 Å². The van der Waals surface area contributed by atoms with E-state index in [0.717, 1.165) is 0 Å². The standard InChI is InChI=1S/C25H28ClNO7/c1-14(28)34-22-13-27(2)10-9-16(22)23-20(32-3)12-21(33-4)24(25(23)31)19(30)11-18(29)15-7-5-6-8-17(15)26/h5-8,12,16,22,31H,9-11,13H2,1-4H3/t16-,22-/m0/s1. The van der Waals surface area contributed by atoms with Crippen LogP contribution in [-0.2, 0) is 9.53 Å². The topological polar surface area (TPSA) is 102 Å². The van der Waals surface area contributed by atoms with Crippen LogP contribution >= 0.6 is 11.6 Å². The number of Topliss-reactive ketones (excluding diaryl/α,β-unsaturated/α-hetero) is 2. The van der Waals surface area contributed by atoms with Crippen LogP contribution in [0, 0.1) is 0 Å². The number of phenolic OH excluding ortho intramolecular Hbond substituents is 1. The van der Waals surface area contributed by atoms with Crippen LogP contribution in [0.15, 0.2) is 30.3 Å². The molecule has 0 aliphatic carbocycles. The molecule has 3 rings (SSSR count). The summed E-state index contributed by atoms with van der Waals surface area (Å²) in [5.74, 6) is -1.95. The van der Waals surface area contributed by atoms with Gasteiger partial charge in [-0.25, -0.2) is 0 Å². The third-order valence-corrected chi connectivity index (χ3v) is 6.26. The number of aromatic hydroxyl groups is 1. The van der Waals surface area contributed by atoms with E-state index in [1.54, 1.807) is 18.2 Å². The molecule has 0 unspecified atom stereocenters. The van der Waals surface area contributed by atoms with Gasteiger partial charge in [-0.15, -0.1) is 0 Å². The van der Waals surface area contributed by atoms with E-state index in [1.165, 1.54) is 33.3 Å². The molecule has 8 nitrogen and oxygen atoms in total. The van der Waals surface area contributed by atoms with Crippen LogP contribution in [-0.4, -0.2) is 68.0 Å². The molecule has 0 amide bonds. The fourth-order valence-corrected chi connectivity index (χ4v) is 4.59. The summed E-state index contributed by atoms with van der Waals surface area (Å²) >= 11 is 6.11. The van der Waals surface area contributed by atoms with Gasteiger partial charge in [-0.2, -0.15) is 0 Å². The predicted molar refractivity (Wildman–Crippen MR) is 126 cm³/mol. The van der Waals surface area contributed by atoms with Gasteiger partial charge in [-0.3, -0.25) is 14.4 Å². The fraction of sp³-hybridized carbons (Fsp3) is 0.400. The zero-order valence-corrected chi connectivity index (χ0v) is 20.3. The number of halogens is 1. The molecule has 0 bridgehead atoms. The van der Waals surface area contributed by atoms with E-state index in [0.29, 0.717) is 30.8 Å². The van der Waals surface area contributed by atoms with Crippen molar-refractivity contribution in [3.63, 3.8) is 0 Å². The number of ether oxygens (including phenoxy) is 3. The first-order valence-electron chi connectivity index (χ1n) is 10.8. The minimum atomic E-state index is -0.625. The van der Waals surface area contributed by atoms with Gasteiger partial charge < -0.3 is 24.2 Å². The molecule has 0 radical (unpaired) electrons. The predicted octanol–water partition coefficient (Wildman–Crippen LogP) is 3.87. The highest BCUT2D eigenvalue weighted by Crippen LogP contribution is 2.46. The molecular weight excluding hydrogens is 462 g/mol. The summed E-state index contributed by atoms with van der Waals surface area (Å²) in [5.41, 5.74) is 0.436. The number of likely N-dealkylation sites (tertiary alicyclic amines) is 1. The van der Waals surface area contributed by atoms with E-state index in [-0.39, 0.29) is 27.6 Å². The van der Waals surface area contributed by atoms with Gasteiger partial charge in [0.1, 0.15) is 28.9 Å². The summed E-state index contributed by atoms with van der Waals surface area (Å²) in [7, 11) is 4.71. The van der Waals surface area contributed by atoms with Gasteiger partial charge in [0.15, 0.2) is 11.6 Å². The highest BCUT2D eigenvalue weighted by atomic mass is 35.5. The van der Waals surface area contributed by atoms with Gasteiger partial charge in [-0.1, -0.05) is 23.7 Å². The lowest BCUT2D eigenvalue weighted by Crippen LogP contribution is -2.43. The SMILES string of the molecule is COc1cc(OC)c([C@H]2CCN(C)C[C@@H]2OC(C)=O)c(O)c1C(=O)CC(=O)c1ccccc1Cl. The van der Waals surface area contributed by atoms with Crippen molar-refractivity contribution >= 4 is 29.1 Å². The molecule has 2 aromatic carbocycles. The molecule has 1 aliphatic rings. The second kappa shape index (κ2) is 10.9. The first-order chi connectivity index (χ1) is 16.2. The third kappa shape index (κ3) is 5.34. The van der Waals surface area contributed by atoms with E-state index in [1.807, 2.05) is 11.9 Å². The molecule has 1 heterocycles.